The molecule has 0 aliphatic carbocycles. The summed E-state index contributed by atoms with van der Waals surface area (Å²) in [5.41, 5.74) is -0.669. The van der Waals surface area contributed by atoms with Gasteiger partial charge in [0.05, 0.1) is 25.2 Å². The summed E-state index contributed by atoms with van der Waals surface area (Å²) in [5, 5.41) is 12.4. The number of hydrogen-bond donors (Lipinski definition) is 3. The van der Waals surface area contributed by atoms with Gasteiger partial charge in [-0.2, -0.15) is 5.10 Å². The van der Waals surface area contributed by atoms with Gasteiger partial charge in [-0.15, -0.1) is 0 Å². The number of H-pyrrole nitrogens is 1. The van der Waals surface area contributed by atoms with Crippen molar-refractivity contribution < 1.29 is 14.3 Å². The highest BCUT2D eigenvalue weighted by Crippen LogP contribution is 2.41. The van der Waals surface area contributed by atoms with Gasteiger partial charge in [-0.1, -0.05) is 39.0 Å². The van der Waals surface area contributed by atoms with Crippen LogP contribution in [-0.4, -0.2) is 64.9 Å². The standard InChI is InChI=1S/C19H32N6O3/c1-2-3-4-5-6-7-8-20-18(27)25-10-15-11-28-13-19(15,12-25)17(26)21-9-16-22-14-23-24-16/h14-15H,2-13H2,1H3,(H,20,27)(H,21,26)(H,22,23,24)/t15-,19-/m1/s1. The van der Waals surface area contributed by atoms with Crippen LogP contribution in [0.2, 0.25) is 0 Å². The van der Waals surface area contributed by atoms with E-state index < -0.39 is 5.41 Å². The lowest BCUT2D eigenvalue weighted by molar-refractivity contribution is -0.131. The number of aromatic nitrogens is 3. The van der Waals surface area contributed by atoms with Gasteiger partial charge in [-0.3, -0.25) is 9.89 Å². The third kappa shape index (κ3) is 4.81. The van der Waals surface area contributed by atoms with E-state index in [1.54, 1.807) is 4.90 Å². The molecule has 0 saturated carbocycles. The van der Waals surface area contributed by atoms with Gasteiger partial charge in [-0.25, -0.2) is 9.78 Å². The smallest absolute Gasteiger partial charge is 0.317 e. The number of fused-ring (bicyclic) bond motifs is 1. The molecule has 0 spiro atoms. The summed E-state index contributed by atoms with van der Waals surface area (Å²) in [7, 11) is 0. The number of nitrogens with zero attached hydrogens (tertiary/aromatic N) is 3. The average molecular weight is 393 g/mol. The molecular formula is C19H32N6O3. The van der Waals surface area contributed by atoms with Crippen LogP contribution in [0.5, 0.6) is 0 Å². The number of carbonyl (C=O) groups is 2. The Hall–Kier alpha value is -2.16. The Labute approximate surface area is 166 Å². The third-order valence-corrected chi connectivity index (χ3v) is 5.80. The van der Waals surface area contributed by atoms with E-state index >= 15 is 0 Å². The van der Waals surface area contributed by atoms with E-state index in [9.17, 15) is 9.59 Å². The van der Waals surface area contributed by atoms with Crippen LogP contribution >= 0.6 is 0 Å². The monoisotopic (exact) mass is 392 g/mol. The van der Waals surface area contributed by atoms with Crippen molar-refractivity contribution in [2.24, 2.45) is 11.3 Å². The molecule has 156 valence electrons. The average Bonchev–Trinajstić information content (AvgIpc) is 3.41. The number of unbranched alkanes of at least 4 members (excludes halogenated alkanes) is 5. The van der Waals surface area contributed by atoms with Crippen LogP contribution in [0, 0.1) is 11.3 Å². The Kier molecular flexibility index (Phi) is 7.24. The lowest BCUT2D eigenvalue weighted by Gasteiger charge is -2.25. The Morgan fingerprint density at radius 3 is 2.89 bits per heavy atom. The van der Waals surface area contributed by atoms with Gasteiger partial charge < -0.3 is 20.3 Å². The topological polar surface area (TPSA) is 112 Å². The van der Waals surface area contributed by atoms with Crippen LogP contribution in [0.1, 0.15) is 51.3 Å². The second kappa shape index (κ2) is 9.86. The maximum atomic E-state index is 12.9. The molecule has 2 fully saturated rings. The maximum absolute atomic E-state index is 12.9. The molecule has 2 aliphatic rings. The minimum Gasteiger partial charge on any atom is -0.380 e. The highest BCUT2D eigenvalue weighted by atomic mass is 16.5. The fourth-order valence-corrected chi connectivity index (χ4v) is 4.08. The largest absolute Gasteiger partial charge is 0.380 e. The quantitative estimate of drug-likeness (QED) is 0.522. The van der Waals surface area contributed by atoms with E-state index in [4.69, 9.17) is 4.74 Å². The van der Waals surface area contributed by atoms with E-state index in [-0.39, 0.29) is 24.4 Å². The van der Waals surface area contributed by atoms with Gasteiger partial charge in [0.15, 0.2) is 0 Å². The molecule has 3 heterocycles. The molecule has 0 aromatic carbocycles. The molecular weight excluding hydrogens is 360 g/mol. The predicted molar refractivity (Wildman–Crippen MR) is 103 cm³/mol. The molecule has 2 atom stereocenters. The summed E-state index contributed by atoms with van der Waals surface area (Å²) in [6.07, 6.45) is 8.57. The molecule has 0 bridgehead atoms. The Morgan fingerprint density at radius 1 is 1.29 bits per heavy atom. The molecule has 3 N–H and O–H groups in total. The Balaban J connectivity index is 1.44. The van der Waals surface area contributed by atoms with Crippen LogP contribution in [0.15, 0.2) is 6.33 Å². The van der Waals surface area contributed by atoms with Crippen molar-refractivity contribution in [3.05, 3.63) is 12.2 Å². The van der Waals surface area contributed by atoms with Crippen LogP contribution in [0.25, 0.3) is 0 Å². The predicted octanol–water partition coefficient (Wildman–Crippen LogP) is 1.44. The highest BCUT2D eigenvalue weighted by molar-refractivity contribution is 5.86. The fraction of sp³-hybridized carbons (Fsp3) is 0.789. The lowest BCUT2D eigenvalue weighted by Crippen LogP contribution is -2.47. The van der Waals surface area contributed by atoms with Crippen molar-refractivity contribution in [2.45, 2.75) is 52.0 Å². The summed E-state index contributed by atoms with van der Waals surface area (Å²) in [6, 6.07) is -0.0784. The molecule has 1 aromatic heterocycles. The first-order valence-electron chi connectivity index (χ1n) is 10.4. The Morgan fingerprint density at radius 2 is 2.11 bits per heavy atom. The van der Waals surface area contributed by atoms with Crippen molar-refractivity contribution in [2.75, 3.05) is 32.8 Å². The van der Waals surface area contributed by atoms with Crippen molar-refractivity contribution in [3.63, 3.8) is 0 Å². The number of hydrogen-bond acceptors (Lipinski definition) is 5. The summed E-state index contributed by atoms with van der Waals surface area (Å²) in [4.78, 5) is 31.2. The molecule has 0 radical (unpaired) electrons. The van der Waals surface area contributed by atoms with Gasteiger partial charge in [-0.05, 0) is 6.42 Å². The number of urea groups is 1. The third-order valence-electron chi connectivity index (χ3n) is 5.80. The van der Waals surface area contributed by atoms with Crippen LogP contribution in [0.4, 0.5) is 4.79 Å². The van der Waals surface area contributed by atoms with E-state index in [2.05, 4.69) is 32.7 Å². The summed E-state index contributed by atoms with van der Waals surface area (Å²) < 4.78 is 5.59. The van der Waals surface area contributed by atoms with Gasteiger partial charge in [0.25, 0.3) is 0 Å². The zero-order chi connectivity index (χ0) is 19.8. The second-order valence-electron chi connectivity index (χ2n) is 7.86. The Bertz CT molecular complexity index is 638. The minimum absolute atomic E-state index is 0.0296. The van der Waals surface area contributed by atoms with Crippen molar-refractivity contribution in [3.8, 4) is 0 Å². The number of ether oxygens (including phenoxy) is 1. The van der Waals surface area contributed by atoms with Crippen molar-refractivity contribution >= 4 is 11.9 Å². The fourth-order valence-electron chi connectivity index (χ4n) is 4.08. The van der Waals surface area contributed by atoms with Gasteiger partial charge in [0.1, 0.15) is 12.2 Å². The van der Waals surface area contributed by atoms with Crippen LogP contribution in [-0.2, 0) is 16.1 Å². The van der Waals surface area contributed by atoms with E-state index in [0.717, 1.165) is 12.8 Å². The number of nitrogens with one attached hydrogen (secondary N) is 3. The molecule has 3 rings (SSSR count). The van der Waals surface area contributed by atoms with Crippen molar-refractivity contribution in [1.29, 1.82) is 0 Å². The van der Waals surface area contributed by atoms with Crippen LogP contribution in [0.3, 0.4) is 0 Å². The molecule has 1 aromatic rings. The summed E-state index contributed by atoms with van der Waals surface area (Å²) in [6.45, 7) is 4.99. The molecule has 2 saturated heterocycles. The highest BCUT2D eigenvalue weighted by Gasteiger charge is 2.56. The maximum Gasteiger partial charge on any atom is 0.317 e. The molecule has 2 aliphatic heterocycles. The SMILES string of the molecule is CCCCCCCCNC(=O)N1C[C@@H]2COC[C@]2(C(=O)NCc2ncn[nH]2)C1. The lowest BCUT2D eigenvalue weighted by atomic mass is 9.80. The summed E-state index contributed by atoms with van der Waals surface area (Å²) in [5.74, 6) is 0.548. The van der Waals surface area contributed by atoms with E-state index in [1.165, 1.54) is 32.0 Å². The second-order valence-corrected chi connectivity index (χ2v) is 7.86. The normalized spacial score (nSPS) is 23.6. The summed E-state index contributed by atoms with van der Waals surface area (Å²) >= 11 is 0. The van der Waals surface area contributed by atoms with Gasteiger partial charge >= 0.3 is 6.03 Å². The number of aromatic amines is 1. The number of carbonyl (C=O) groups excluding carboxylic acids is 2. The zero-order valence-electron chi connectivity index (χ0n) is 16.7. The van der Waals surface area contributed by atoms with E-state index in [0.29, 0.717) is 38.7 Å². The molecule has 3 amide bonds. The number of likely N-dealkylation sites (tertiary alicyclic amines) is 1. The zero-order valence-corrected chi connectivity index (χ0v) is 16.7. The first kappa shape index (κ1) is 20.6. The van der Waals surface area contributed by atoms with Crippen LogP contribution < -0.4 is 10.6 Å². The van der Waals surface area contributed by atoms with Crippen molar-refractivity contribution in [1.82, 2.24) is 30.7 Å². The van der Waals surface area contributed by atoms with E-state index in [1.807, 2.05) is 0 Å². The molecule has 0 unspecified atom stereocenters. The first-order chi connectivity index (χ1) is 13.7. The van der Waals surface area contributed by atoms with Gasteiger partial charge in [0, 0.05) is 25.6 Å². The first-order valence-corrected chi connectivity index (χ1v) is 10.4. The van der Waals surface area contributed by atoms with Gasteiger partial charge in [0.2, 0.25) is 5.91 Å². The molecule has 9 nitrogen and oxygen atoms in total. The number of amides is 3. The minimum atomic E-state index is -0.669. The number of rotatable bonds is 10. The molecule has 9 heteroatoms. The molecule has 28 heavy (non-hydrogen) atoms.